The van der Waals surface area contributed by atoms with E-state index in [1.165, 1.54) is 32.7 Å². The van der Waals surface area contributed by atoms with E-state index in [4.69, 9.17) is 15.3 Å². The highest BCUT2D eigenvalue weighted by atomic mass is 16.9. The van der Waals surface area contributed by atoms with Crippen LogP contribution in [0.4, 0.5) is 0 Å². The number of rotatable bonds is 4. The van der Waals surface area contributed by atoms with Crippen LogP contribution in [0.3, 0.4) is 0 Å². The van der Waals surface area contributed by atoms with Gasteiger partial charge in [-0.3, -0.25) is 0 Å². The largest absolute Gasteiger partial charge is 0.356 e. The number of hydrogen-bond acceptors (Lipinski definition) is 3. The molecule has 136 valence electrons. The number of nitrogens with zero attached hydrogens (tertiary/aromatic N) is 1. The van der Waals surface area contributed by atoms with Gasteiger partial charge in [-0.05, 0) is 33.7 Å². The van der Waals surface area contributed by atoms with Crippen molar-refractivity contribution < 1.29 is 10.4 Å². The molecule has 0 aliphatic rings. The van der Waals surface area contributed by atoms with Crippen LogP contribution in [0.15, 0.2) is 84.9 Å². The molecule has 4 rings (SSSR count). The zero-order valence-electron chi connectivity index (χ0n) is 14.7. The van der Waals surface area contributed by atoms with Crippen molar-refractivity contribution in [2.75, 3.05) is 0 Å². The molecule has 0 fully saturated rings. The van der Waals surface area contributed by atoms with Gasteiger partial charge in [-0.15, -0.1) is 0 Å². The Hall–Kier alpha value is -3.44. The van der Waals surface area contributed by atoms with Gasteiger partial charge in [0.05, 0.1) is 5.09 Å². The summed E-state index contributed by atoms with van der Waals surface area (Å²) < 4.78 is 0. The second-order valence-corrected chi connectivity index (χ2v) is 6.28. The summed E-state index contributed by atoms with van der Waals surface area (Å²) >= 11 is 0. The molecule has 0 saturated carbocycles. The number of benzene rings is 4. The first-order chi connectivity index (χ1) is 13.1. The van der Waals surface area contributed by atoms with Crippen molar-refractivity contribution in [1.82, 2.24) is 0 Å². The van der Waals surface area contributed by atoms with Gasteiger partial charge in [0.15, 0.2) is 0 Å². The van der Waals surface area contributed by atoms with Gasteiger partial charge in [-0.25, -0.2) is 0 Å². The monoisotopic (exact) mass is 360 g/mol. The van der Waals surface area contributed by atoms with Crippen LogP contribution in [-0.2, 0) is 13.1 Å². The highest BCUT2D eigenvalue weighted by Crippen LogP contribution is 2.16. The third kappa shape index (κ3) is 5.26. The molecular weight excluding hydrogens is 340 g/mol. The van der Waals surface area contributed by atoms with Crippen molar-refractivity contribution in [3.63, 3.8) is 0 Å². The van der Waals surface area contributed by atoms with Crippen molar-refractivity contribution in [2.24, 2.45) is 0 Å². The lowest BCUT2D eigenvalue weighted by Crippen LogP contribution is -2.80. The molecule has 0 amide bonds. The van der Waals surface area contributed by atoms with E-state index in [0.29, 0.717) is 0 Å². The summed E-state index contributed by atoms with van der Waals surface area (Å²) in [4.78, 5) is 8.25. The minimum absolute atomic E-state index is 1.01. The molecule has 0 unspecified atom stereocenters. The maximum atomic E-state index is 8.25. The highest BCUT2D eigenvalue weighted by Gasteiger charge is 2.01. The Morgan fingerprint density at radius 2 is 1.00 bits per heavy atom. The molecule has 0 heterocycles. The summed E-state index contributed by atoms with van der Waals surface area (Å²) in [6, 6.07) is 30.6. The molecule has 0 aliphatic heterocycles. The molecular formula is C22H20N2O3. The van der Waals surface area contributed by atoms with Crippen molar-refractivity contribution in [3.05, 3.63) is 111 Å². The maximum Gasteiger partial charge on any atom is 0.102 e. The fourth-order valence-corrected chi connectivity index (χ4v) is 3.14. The zero-order valence-corrected chi connectivity index (χ0v) is 14.7. The third-order valence-corrected chi connectivity index (χ3v) is 4.39. The second kappa shape index (κ2) is 8.78. The Morgan fingerprint density at radius 1 is 0.630 bits per heavy atom. The standard InChI is InChI=1S/C22H19N.NO3/c1-3-7-21-13-17(9-11-19(21)5-1)15-23-16-18-10-12-20-6-2-4-8-22(20)14-18;2-1(3)4/h1-14,23H,15-16H2;/q;-1/p+1. The van der Waals surface area contributed by atoms with E-state index in [1.807, 2.05) is 0 Å². The predicted molar refractivity (Wildman–Crippen MR) is 108 cm³/mol. The molecule has 0 atom stereocenters. The lowest BCUT2D eigenvalue weighted by atomic mass is 10.1. The first-order valence-electron chi connectivity index (χ1n) is 8.70. The van der Waals surface area contributed by atoms with Crippen LogP contribution in [-0.4, -0.2) is 5.09 Å². The van der Waals surface area contributed by atoms with Gasteiger partial charge >= 0.3 is 0 Å². The smallest absolute Gasteiger partial charge is 0.102 e. The Kier molecular flexibility index (Phi) is 5.97. The van der Waals surface area contributed by atoms with Crippen molar-refractivity contribution in [3.8, 4) is 0 Å². The Bertz CT molecular complexity index is 980. The van der Waals surface area contributed by atoms with Gasteiger partial charge in [0, 0.05) is 11.1 Å². The van der Waals surface area contributed by atoms with Crippen LogP contribution in [0.25, 0.3) is 21.5 Å². The van der Waals surface area contributed by atoms with Gasteiger partial charge in [0.25, 0.3) is 0 Å². The summed E-state index contributed by atoms with van der Waals surface area (Å²) in [5.41, 5.74) is 2.76. The molecule has 0 aliphatic carbocycles. The van der Waals surface area contributed by atoms with Crippen LogP contribution in [0.5, 0.6) is 0 Å². The lowest BCUT2D eigenvalue weighted by Gasteiger charge is -2.05. The van der Waals surface area contributed by atoms with Crippen LogP contribution < -0.4 is 5.32 Å². The maximum absolute atomic E-state index is 8.25. The van der Waals surface area contributed by atoms with Crippen LogP contribution in [0, 0.1) is 15.3 Å². The minimum atomic E-state index is -1.75. The van der Waals surface area contributed by atoms with E-state index >= 15 is 0 Å². The van der Waals surface area contributed by atoms with E-state index in [-0.39, 0.29) is 0 Å². The first kappa shape index (κ1) is 18.4. The predicted octanol–water partition coefficient (Wildman–Crippen LogP) is 4.02. The number of hydrogen-bond donors (Lipinski definition) is 1. The first-order valence-corrected chi connectivity index (χ1v) is 8.70. The van der Waals surface area contributed by atoms with Gasteiger partial charge < -0.3 is 20.6 Å². The van der Waals surface area contributed by atoms with Crippen LogP contribution in [0.2, 0.25) is 0 Å². The zero-order chi connectivity index (χ0) is 19.1. The van der Waals surface area contributed by atoms with E-state index in [0.717, 1.165) is 13.1 Å². The minimum Gasteiger partial charge on any atom is -0.356 e. The molecule has 27 heavy (non-hydrogen) atoms. The average molecular weight is 360 g/mol. The summed E-state index contributed by atoms with van der Waals surface area (Å²) in [5.74, 6) is 0. The van der Waals surface area contributed by atoms with Crippen molar-refractivity contribution in [2.45, 2.75) is 13.1 Å². The number of nitrogens with two attached hydrogens (primary N) is 1. The Labute approximate surface area is 157 Å². The molecule has 0 aromatic heterocycles. The number of quaternary nitrogens is 1. The molecule has 2 N–H and O–H groups in total. The molecule has 5 heteroatoms. The van der Waals surface area contributed by atoms with Gasteiger partial charge in [0.1, 0.15) is 13.1 Å². The second-order valence-electron chi connectivity index (χ2n) is 6.28. The SMILES string of the molecule is O=[N+]([O-])[O-].c1ccc2cc(C[NH2+]Cc3ccc4ccccc4c3)ccc2c1. The van der Waals surface area contributed by atoms with E-state index in [1.54, 1.807) is 0 Å². The molecule has 0 radical (unpaired) electrons. The third-order valence-electron chi connectivity index (χ3n) is 4.39. The summed E-state index contributed by atoms with van der Waals surface area (Å²) in [6.07, 6.45) is 0. The topological polar surface area (TPSA) is 82.8 Å². The molecule has 4 aromatic carbocycles. The lowest BCUT2D eigenvalue weighted by molar-refractivity contribution is -0.686. The molecule has 0 spiro atoms. The summed E-state index contributed by atoms with van der Waals surface area (Å²) in [7, 11) is 0. The average Bonchev–Trinajstić information content (AvgIpc) is 2.67. The molecule has 0 saturated heterocycles. The van der Waals surface area contributed by atoms with Crippen molar-refractivity contribution >= 4 is 21.5 Å². The van der Waals surface area contributed by atoms with Gasteiger partial charge in [-0.1, -0.05) is 72.8 Å². The summed E-state index contributed by atoms with van der Waals surface area (Å²) in [5, 5.41) is 22.4. The highest BCUT2D eigenvalue weighted by molar-refractivity contribution is 5.83. The van der Waals surface area contributed by atoms with Gasteiger partial charge in [-0.2, -0.15) is 0 Å². The van der Waals surface area contributed by atoms with E-state index in [9.17, 15) is 0 Å². The fourth-order valence-electron chi connectivity index (χ4n) is 3.14. The Morgan fingerprint density at radius 3 is 1.41 bits per heavy atom. The van der Waals surface area contributed by atoms with E-state index in [2.05, 4.69) is 90.2 Å². The van der Waals surface area contributed by atoms with Crippen molar-refractivity contribution in [1.29, 1.82) is 0 Å². The number of fused-ring (bicyclic) bond motifs is 2. The molecule has 0 bridgehead atoms. The van der Waals surface area contributed by atoms with E-state index < -0.39 is 5.09 Å². The van der Waals surface area contributed by atoms with Crippen LogP contribution >= 0.6 is 0 Å². The quantitative estimate of drug-likeness (QED) is 0.441. The summed E-state index contributed by atoms with van der Waals surface area (Å²) in [6.45, 7) is 2.02. The Balaban J connectivity index is 0.000000481. The molecule has 5 nitrogen and oxygen atoms in total. The van der Waals surface area contributed by atoms with Crippen LogP contribution in [0.1, 0.15) is 11.1 Å². The fraction of sp³-hybridized carbons (Fsp3) is 0.0909. The normalized spacial score (nSPS) is 10.4. The molecule has 4 aromatic rings. The van der Waals surface area contributed by atoms with Gasteiger partial charge in [0.2, 0.25) is 0 Å².